The van der Waals surface area contributed by atoms with Crippen molar-refractivity contribution in [1.29, 1.82) is 0 Å². The summed E-state index contributed by atoms with van der Waals surface area (Å²) in [4.78, 5) is 20.8. The fourth-order valence-electron chi connectivity index (χ4n) is 5.53. The Bertz CT molecular complexity index is 1320. The molecule has 0 saturated carbocycles. The van der Waals surface area contributed by atoms with Gasteiger partial charge in [0.15, 0.2) is 5.82 Å². The van der Waals surface area contributed by atoms with E-state index >= 15 is 0 Å². The zero-order valence-corrected chi connectivity index (χ0v) is 20.7. The minimum Gasteiger partial charge on any atom is -0.378 e. The van der Waals surface area contributed by atoms with Crippen LogP contribution in [-0.2, 0) is 11.3 Å². The van der Waals surface area contributed by atoms with E-state index in [1.807, 2.05) is 6.20 Å². The molecule has 7 nitrogen and oxygen atoms in total. The van der Waals surface area contributed by atoms with Crippen molar-refractivity contribution in [3.8, 4) is 11.4 Å². The van der Waals surface area contributed by atoms with Crippen LogP contribution in [0.25, 0.3) is 33.2 Å². The average Bonchev–Trinajstić information content (AvgIpc) is 3.38. The van der Waals surface area contributed by atoms with E-state index in [0.717, 1.165) is 71.9 Å². The molecule has 0 radical (unpaired) electrons. The first kappa shape index (κ1) is 22.5. The normalized spacial score (nSPS) is 18.2. The molecule has 2 aromatic carbocycles. The molecule has 2 aliphatic rings. The Morgan fingerprint density at radius 2 is 1.83 bits per heavy atom. The Morgan fingerprint density at radius 3 is 2.66 bits per heavy atom. The third-order valence-corrected chi connectivity index (χ3v) is 7.63. The predicted molar refractivity (Wildman–Crippen MR) is 142 cm³/mol. The Hall–Kier alpha value is -3.00. The average molecular weight is 471 g/mol. The second kappa shape index (κ2) is 9.57. The number of morpholine rings is 1. The van der Waals surface area contributed by atoms with Gasteiger partial charge >= 0.3 is 0 Å². The molecule has 0 spiro atoms. The molecule has 2 fully saturated rings. The van der Waals surface area contributed by atoms with Crippen LogP contribution in [-0.4, -0.2) is 84.3 Å². The van der Waals surface area contributed by atoms with Crippen molar-refractivity contribution < 1.29 is 4.74 Å². The number of nitrogens with one attached hydrogen (secondary N) is 1. The number of likely N-dealkylation sites (tertiary alicyclic amines) is 1. The summed E-state index contributed by atoms with van der Waals surface area (Å²) in [5, 5.41) is 2.28. The monoisotopic (exact) mass is 470 g/mol. The first-order chi connectivity index (χ1) is 17.2. The zero-order valence-electron chi connectivity index (χ0n) is 20.7. The summed E-state index contributed by atoms with van der Waals surface area (Å²) in [6, 6.07) is 15.8. The van der Waals surface area contributed by atoms with E-state index in [1.54, 1.807) is 0 Å². The number of hydrogen-bond donors (Lipinski definition) is 1. The third-order valence-electron chi connectivity index (χ3n) is 7.63. The van der Waals surface area contributed by atoms with Crippen LogP contribution in [0.2, 0.25) is 0 Å². The SMILES string of the molecule is CN1CCC(N(C)Cc2ccc3nc(-c4cccc5[nH]ccc45)nc(N4CCOCC4)c3c2)CC1. The number of fused-ring (bicyclic) bond motifs is 2. The highest BCUT2D eigenvalue weighted by Crippen LogP contribution is 2.32. The van der Waals surface area contributed by atoms with Crippen molar-refractivity contribution in [2.75, 3.05) is 58.4 Å². The quantitative estimate of drug-likeness (QED) is 0.473. The third kappa shape index (κ3) is 4.51. The molecule has 1 N–H and O–H groups in total. The van der Waals surface area contributed by atoms with Gasteiger partial charge in [0, 0.05) is 53.7 Å². The minimum atomic E-state index is 0.640. The van der Waals surface area contributed by atoms with Crippen molar-refractivity contribution in [3.05, 3.63) is 54.2 Å². The summed E-state index contributed by atoms with van der Waals surface area (Å²) in [5.41, 5.74) is 4.48. The topological polar surface area (TPSA) is 60.5 Å². The summed E-state index contributed by atoms with van der Waals surface area (Å²) in [6.45, 7) is 6.45. The van der Waals surface area contributed by atoms with Crippen LogP contribution in [0.1, 0.15) is 18.4 Å². The highest BCUT2D eigenvalue weighted by atomic mass is 16.5. The van der Waals surface area contributed by atoms with Gasteiger partial charge in [-0.15, -0.1) is 0 Å². The highest BCUT2D eigenvalue weighted by Gasteiger charge is 2.22. The lowest BCUT2D eigenvalue weighted by Gasteiger charge is -2.35. The van der Waals surface area contributed by atoms with Crippen LogP contribution < -0.4 is 4.90 Å². The standard InChI is InChI=1S/C28H34N6O/c1-32-12-9-21(10-13-32)33(2)19-20-6-7-26-24(18-20)28(34-14-16-35-17-15-34)31-27(30-26)23-4-3-5-25-22(23)8-11-29-25/h3-8,11,18,21,29H,9-10,12-17,19H2,1-2H3. The Kier molecular flexibility index (Phi) is 6.14. The van der Waals surface area contributed by atoms with Crippen LogP contribution in [0, 0.1) is 0 Å². The Labute approximate surface area is 206 Å². The number of benzene rings is 2. The number of H-pyrrole nitrogens is 1. The molecule has 2 aliphatic heterocycles. The van der Waals surface area contributed by atoms with Gasteiger partial charge in [0.25, 0.3) is 0 Å². The molecule has 182 valence electrons. The molecule has 4 heterocycles. The highest BCUT2D eigenvalue weighted by molar-refractivity contribution is 5.97. The van der Waals surface area contributed by atoms with Gasteiger partial charge in [-0.25, -0.2) is 9.97 Å². The van der Waals surface area contributed by atoms with Crippen molar-refractivity contribution in [2.24, 2.45) is 0 Å². The summed E-state index contributed by atoms with van der Waals surface area (Å²) < 4.78 is 5.65. The van der Waals surface area contributed by atoms with Crippen LogP contribution >= 0.6 is 0 Å². The molecular formula is C28H34N6O. The number of rotatable bonds is 5. The number of aromatic nitrogens is 3. The fraction of sp³-hybridized carbons (Fsp3) is 0.429. The Morgan fingerprint density at radius 1 is 1.00 bits per heavy atom. The molecule has 0 amide bonds. The van der Waals surface area contributed by atoms with Gasteiger partial charge in [0.1, 0.15) is 5.82 Å². The summed E-state index contributed by atoms with van der Waals surface area (Å²) >= 11 is 0. The maximum atomic E-state index is 5.65. The minimum absolute atomic E-state index is 0.640. The molecule has 0 bridgehead atoms. The van der Waals surface area contributed by atoms with E-state index in [4.69, 9.17) is 14.7 Å². The first-order valence-electron chi connectivity index (χ1n) is 12.7. The lowest BCUT2D eigenvalue weighted by molar-refractivity contribution is 0.122. The van der Waals surface area contributed by atoms with Crippen molar-refractivity contribution >= 4 is 27.6 Å². The number of aromatic amines is 1. The second-order valence-corrected chi connectivity index (χ2v) is 10.0. The lowest BCUT2D eigenvalue weighted by atomic mass is 10.0. The van der Waals surface area contributed by atoms with Gasteiger partial charge in [0.2, 0.25) is 0 Å². The number of ether oxygens (including phenoxy) is 1. The van der Waals surface area contributed by atoms with Gasteiger partial charge < -0.3 is 19.5 Å². The van der Waals surface area contributed by atoms with Crippen molar-refractivity contribution in [3.63, 3.8) is 0 Å². The van der Waals surface area contributed by atoms with E-state index in [1.165, 1.54) is 31.5 Å². The molecule has 6 rings (SSSR count). The summed E-state index contributed by atoms with van der Waals surface area (Å²) in [6.07, 6.45) is 4.44. The van der Waals surface area contributed by atoms with Crippen LogP contribution in [0.15, 0.2) is 48.7 Å². The van der Waals surface area contributed by atoms with E-state index in [2.05, 4.69) is 76.2 Å². The van der Waals surface area contributed by atoms with E-state index in [9.17, 15) is 0 Å². The number of nitrogens with zero attached hydrogens (tertiary/aromatic N) is 5. The molecule has 0 aliphatic carbocycles. The lowest BCUT2D eigenvalue weighted by Crippen LogP contribution is -2.41. The number of anilines is 1. The number of piperidine rings is 1. The van der Waals surface area contributed by atoms with Crippen LogP contribution in [0.4, 0.5) is 5.82 Å². The molecule has 35 heavy (non-hydrogen) atoms. The smallest absolute Gasteiger partial charge is 0.162 e. The van der Waals surface area contributed by atoms with Gasteiger partial charge in [-0.3, -0.25) is 4.90 Å². The first-order valence-corrected chi connectivity index (χ1v) is 12.7. The largest absolute Gasteiger partial charge is 0.378 e. The van der Waals surface area contributed by atoms with E-state index in [-0.39, 0.29) is 0 Å². The van der Waals surface area contributed by atoms with Crippen LogP contribution in [0.3, 0.4) is 0 Å². The van der Waals surface area contributed by atoms with Gasteiger partial charge in [-0.05, 0) is 69.9 Å². The molecule has 0 unspecified atom stereocenters. The Balaban J connectivity index is 1.38. The zero-order chi connectivity index (χ0) is 23.8. The second-order valence-electron chi connectivity index (χ2n) is 10.0. The molecule has 0 atom stereocenters. The maximum Gasteiger partial charge on any atom is 0.162 e. The maximum absolute atomic E-state index is 5.65. The van der Waals surface area contributed by atoms with Crippen molar-refractivity contribution in [1.82, 2.24) is 24.8 Å². The van der Waals surface area contributed by atoms with Gasteiger partial charge in [0.05, 0.1) is 18.7 Å². The van der Waals surface area contributed by atoms with Crippen molar-refractivity contribution in [2.45, 2.75) is 25.4 Å². The van der Waals surface area contributed by atoms with Gasteiger partial charge in [-0.1, -0.05) is 18.2 Å². The summed E-state index contributed by atoms with van der Waals surface area (Å²) in [7, 11) is 4.48. The molecule has 7 heteroatoms. The van der Waals surface area contributed by atoms with Gasteiger partial charge in [-0.2, -0.15) is 0 Å². The van der Waals surface area contributed by atoms with E-state index < -0.39 is 0 Å². The molecule has 2 aromatic heterocycles. The predicted octanol–water partition coefficient (Wildman–Crippen LogP) is 4.14. The van der Waals surface area contributed by atoms with E-state index in [0.29, 0.717) is 6.04 Å². The van der Waals surface area contributed by atoms with Crippen LogP contribution in [0.5, 0.6) is 0 Å². The fourth-order valence-corrected chi connectivity index (χ4v) is 5.53. The number of hydrogen-bond acceptors (Lipinski definition) is 6. The summed E-state index contributed by atoms with van der Waals surface area (Å²) in [5.74, 6) is 1.80. The molecule has 2 saturated heterocycles. The molecule has 4 aromatic rings. The molecular weight excluding hydrogens is 436 g/mol.